The molecule has 14 heavy (non-hydrogen) atoms. The summed E-state index contributed by atoms with van der Waals surface area (Å²) < 4.78 is 0. The molecule has 0 spiro atoms. The molecule has 0 aromatic carbocycles. The van der Waals surface area contributed by atoms with Crippen LogP contribution in [0.3, 0.4) is 0 Å². The Morgan fingerprint density at radius 1 is 1.43 bits per heavy atom. The van der Waals surface area contributed by atoms with Gasteiger partial charge in [0.15, 0.2) is 0 Å². The van der Waals surface area contributed by atoms with Gasteiger partial charge in [-0.1, -0.05) is 0 Å². The summed E-state index contributed by atoms with van der Waals surface area (Å²) in [5.41, 5.74) is 0. The number of nitrogens with zero attached hydrogens (tertiary/aromatic N) is 1. The van der Waals surface area contributed by atoms with Crippen LogP contribution in [0.5, 0.6) is 0 Å². The molecule has 0 fully saturated rings. The van der Waals surface area contributed by atoms with Crippen LogP contribution in [0.4, 0.5) is 0 Å². The highest BCUT2D eigenvalue weighted by Gasteiger charge is 2.15. The first-order valence-electron chi connectivity index (χ1n) is 4.87. The van der Waals surface area contributed by atoms with Crippen molar-refractivity contribution in [2.75, 3.05) is 0 Å². The van der Waals surface area contributed by atoms with Crippen LogP contribution in [0, 0.1) is 6.92 Å². The largest absolute Gasteiger partial charge is 0.392 e. The third-order valence-corrected chi connectivity index (χ3v) is 3.34. The normalized spacial score (nSPS) is 17.8. The SMILES string of the molecule is Cc1cnc(C(C)NC(C)C(C)O)s1. The molecule has 1 rings (SSSR count). The van der Waals surface area contributed by atoms with Crippen molar-refractivity contribution in [3.05, 3.63) is 16.1 Å². The maximum absolute atomic E-state index is 9.34. The van der Waals surface area contributed by atoms with E-state index >= 15 is 0 Å². The van der Waals surface area contributed by atoms with E-state index in [1.165, 1.54) is 4.88 Å². The van der Waals surface area contributed by atoms with Crippen molar-refractivity contribution in [2.24, 2.45) is 0 Å². The van der Waals surface area contributed by atoms with E-state index < -0.39 is 0 Å². The number of hydrogen-bond donors (Lipinski definition) is 2. The lowest BCUT2D eigenvalue weighted by Crippen LogP contribution is -2.37. The van der Waals surface area contributed by atoms with Gasteiger partial charge in [0.05, 0.1) is 12.1 Å². The second-order valence-electron chi connectivity index (χ2n) is 3.73. The molecule has 4 heteroatoms. The fourth-order valence-electron chi connectivity index (χ4n) is 1.18. The lowest BCUT2D eigenvalue weighted by atomic mass is 10.2. The van der Waals surface area contributed by atoms with Gasteiger partial charge in [-0.3, -0.25) is 0 Å². The lowest BCUT2D eigenvalue weighted by Gasteiger charge is -2.20. The second kappa shape index (κ2) is 4.87. The van der Waals surface area contributed by atoms with E-state index in [4.69, 9.17) is 0 Å². The van der Waals surface area contributed by atoms with Gasteiger partial charge in [0, 0.05) is 17.1 Å². The van der Waals surface area contributed by atoms with Crippen molar-refractivity contribution in [3.63, 3.8) is 0 Å². The number of aliphatic hydroxyl groups is 1. The van der Waals surface area contributed by atoms with Gasteiger partial charge in [-0.05, 0) is 27.7 Å². The van der Waals surface area contributed by atoms with Crippen molar-refractivity contribution >= 4 is 11.3 Å². The predicted molar refractivity (Wildman–Crippen MR) is 59.5 cm³/mol. The topological polar surface area (TPSA) is 45.2 Å². The number of aryl methyl sites for hydroxylation is 1. The summed E-state index contributed by atoms with van der Waals surface area (Å²) in [5, 5.41) is 13.7. The van der Waals surface area contributed by atoms with Gasteiger partial charge in [-0.2, -0.15) is 0 Å². The number of rotatable bonds is 4. The standard InChI is InChI=1S/C10H18N2OS/c1-6-5-11-10(14-6)8(3)12-7(2)9(4)13/h5,7-9,12-13H,1-4H3. The number of thiazole rings is 1. The third kappa shape index (κ3) is 3.04. The molecule has 0 bridgehead atoms. The molecule has 1 aromatic heterocycles. The number of aromatic nitrogens is 1. The number of hydrogen-bond acceptors (Lipinski definition) is 4. The van der Waals surface area contributed by atoms with Crippen molar-refractivity contribution in [1.82, 2.24) is 10.3 Å². The average molecular weight is 214 g/mol. The van der Waals surface area contributed by atoms with E-state index in [1.54, 1.807) is 18.3 Å². The Morgan fingerprint density at radius 2 is 2.07 bits per heavy atom. The third-order valence-electron chi connectivity index (χ3n) is 2.25. The van der Waals surface area contributed by atoms with Crippen LogP contribution in [0.15, 0.2) is 6.20 Å². The Bertz CT molecular complexity index is 285. The molecule has 0 saturated carbocycles. The van der Waals surface area contributed by atoms with E-state index in [2.05, 4.69) is 17.2 Å². The highest BCUT2D eigenvalue weighted by atomic mass is 32.1. The number of aliphatic hydroxyl groups excluding tert-OH is 1. The van der Waals surface area contributed by atoms with Gasteiger partial charge in [0.1, 0.15) is 5.01 Å². The van der Waals surface area contributed by atoms with Crippen LogP contribution < -0.4 is 5.32 Å². The zero-order chi connectivity index (χ0) is 10.7. The van der Waals surface area contributed by atoms with Crippen LogP contribution in [0.1, 0.15) is 36.7 Å². The van der Waals surface area contributed by atoms with Gasteiger partial charge in [0.25, 0.3) is 0 Å². The summed E-state index contributed by atoms with van der Waals surface area (Å²) in [6, 6.07) is 0.299. The summed E-state index contributed by atoms with van der Waals surface area (Å²) in [4.78, 5) is 5.52. The quantitative estimate of drug-likeness (QED) is 0.804. The Hall–Kier alpha value is -0.450. The zero-order valence-electron chi connectivity index (χ0n) is 9.11. The fourth-order valence-corrected chi connectivity index (χ4v) is 1.96. The average Bonchev–Trinajstić information content (AvgIpc) is 2.51. The van der Waals surface area contributed by atoms with Crippen LogP contribution >= 0.6 is 11.3 Å². The van der Waals surface area contributed by atoms with Crippen LogP contribution in [0.25, 0.3) is 0 Å². The summed E-state index contributed by atoms with van der Waals surface area (Å²) in [6.45, 7) is 7.88. The molecule has 0 radical (unpaired) electrons. The Balaban J connectivity index is 2.54. The second-order valence-corrected chi connectivity index (χ2v) is 4.99. The van der Waals surface area contributed by atoms with Gasteiger partial charge in [-0.25, -0.2) is 4.98 Å². The van der Waals surface area contributed by atoms with E-state index in [1.807, 2.05) is 20.0 Å². The molecule has 1 heterocycles. The van der Waals surface area contributed by atoms with E-state index in [-0.39, 0.29) is 18.2 Å². The molecule has 2 N–H and O–H groups in total. The molecule has 3 nitrogen and oxygen atoms in total. The highest BCUT2D eigenvalue weighted by Crippen LogP contribution is 2.19. The Morgan fingerprint density at radius 3 is 2.50 bits per heavy atom. The molecule has 0 amide bonds. The molecule has 0 aliphatic rings. The molecular weight excluding hydrogens is 196 g/mol. The van der Waals surface area contributed by atoms with Crippen molar-refractivity contribution in [3.8, 4) is 0 Å². The predicted octanol–water partition coefficient (Wildman–Crippen LogP) is 1.87. The summed E-state index contributed by atoms with van der Waals surface area (Å²) >= 11 is 1.69. The minimum Gasteiger partial charge on any atom is -0.392 e. The van der Waals surface area contributed by atoms with E-state index in [9.17, 15) is 5.11 Å². The molecule has 1 aromatic rings. The van der Waals surface area contributed by atoms with E-state index in [0.29, 0.717) is 0 Å². The zero-order valence-corrected chi connectivity index (χ0v) is 9.93. The Labute approximate surface area is 89.2 Å². The minimum absolute atomic E-state index is 0.0919. The first kappa shape index (κ1) is 11.6. The fraction of sp³-hybridized carbons (Fsp3) is 0.700. The maximum atomic E-state index is 9.34. The lowest BCUT2D eigenvalue weighted by molar-refractivity contribution is 0.147. The van der Waals surface area contributed by atoms with Gasteiger partial charge in [-0.15, -0.1) is 11.3 Å². The first-order valence-corrected chi connectivity index (χ1v) is 5.68. The highest BCUT2D eigenvalue weighted by molar-refractivity contribution is 7.11. The van der Waals surface area contributed by atoms with Crippen molar-refractivity contribution in [2.45, 2.75) is 45.9 Å². The summed E-state index contributed by atoms with van der Waals surface area (Å²) in [6.07, 6.45) is 1.55. The van der Waals surface area contributed by atoms with Crippen LogP contribution in [0.2, 0.25) is 0 Å². The first-order chi connectivity index (χ1) is 6.50. The molecule has 3 atom stereocenters. The van der Waals surface area contributed by atoms with Gasteiger partial charge < -0.3 is 10.4 Å². The molecular formula is C10H18N2OS. The smallest absolute Gasteiger partial charge is 0.109 e. The molecule has 0 aliphatic carbocycles. The minimum atomic E-state index is -0.335. The van der Waals surface area contributed by atoms with Gasteiger partial charge >= 0.3 is 0 Å². The monoisotopic (exact) mass is 214 g/mol. The van der Waals surface area contributed by atoms with Gasteiger partial charge in [0.2, 0.25) is 0 Å². The van der Waals surface area contributed by atoms with Crippen molar-refractivity contribution in [1.29, 1.82) is 0 Å². The molecule has 0 saturated heterocycles. The van der Waals surface area contributed by atoms with Crippen LogP contribution in [-0.2, 0) is 0 Å². The van der Waals surface area contributed by atoms with E-state index in [0.717, 1.165) is 5.01 Å². The summed E-state index contributed by atoms with van der Waals surface area (Å²) in [5.74, 6) is 0. The maximum Gasteiger partial charge on any atom is 0.109 e. The molecule has 3 unspecified atom stereocenters. The molecule has 80 valence electrons. The summed E-state index contributed by atoms with van der Waals surface area (Å²) in [7, 11) is 0. The molecule has 0 aliphatic heterocycles. The number of nitrogens with one attached hydrogen (secondary N) is 1. The van der Waals surface area contributed by atoms with Crippen molar-refractivity contribution < 1.29 is 5.11 Å². The Kier molecular flexibility index (Phi) is 4.04. The van der Waals surface area contributed by atoms with Crippen LogP contribution in [-0.4, -0.2) is 22.2 Å².